The van der Waals surface area contributed by atoms with Gasteiger partial charge in [0.25, 0.3) is 0 Å². The minimum Gasteiger partial charge on any atom is -0.369 e. The van der Waals surface area contributed by atoms with Crippen molar-refractivity contribution >= 4 is 5.91 Å². The molecule has 3 rings (SSSR count). The fourth-order valence-corrected chi connectivity index (χ4v) is 4.36. The minimum absolute atomic E-state index is 0.166. The van der Waals surface area contributed by atoms with Gasteiger partial charge in [0.1, 0.15) is 5.41 Å². The van der Waals surface area contributed by atoms with E-state index in [2.05, 4.69) is 12.2 Å². The number of primary amides is 1. The van der Waals surface area contributed by atoms with Crippen LogP contribution < -0.4 is 11.1 Å². The fraction of sp³-hybridized carbons (Fsp3) is 0.381. The van der Waals surface area contributed by atoms with Gasteiger partial charge in [-0.1, -0.05) is 74.0 Å². The number of carbonyl (C=O) groups is 1. The molecule has 1 fully saturated rings. The van der Waals surface area contributed by atoms with Crippen LogP contribution in [0, 0.1) is 5.92 Å². The molecule has 3 heteroatoms. The normalized spacial score (nSPS) is 20.9. The number of nitrogens with two attached hydrogens (primary N) is 1. The summed E-state index contributed by atoms with van der Waals surface area (Å²) in [4.78, 5) is 13.0. The van der Waals surface area contributed by atoms with Crippen LogP contribution in [0.1, 0.15) is 37.3 Å². The van der Waals surface area contributed by atoms with Crippen LogP contribution in [-0.2, 0) is 10.2 Å². The molecule has 1 saturated heterocycles. The van der Waals surface area contributed by atoms with Crippen molar-refractivity contribution in [1.29, 1.82) is 0 Å². The zero-order valence-electron chi connectivity index (χ0n) is 14.2. The SMILES string of the molecule is CCCC1NCCC1C(C(N)=O)(c1ccccc1)c1ccccc1. The summed E-state index contributed by atoms with van der Waals surface area (Å²) in [5, 5.41) is 3.60. The molecule has 2 atom stereocenters. The molecular formula is C21H26N2O. The number of carbonyl (C=O) groups excluding carboxylic acids is 1. The van der Waals surface area contributed by atoms with Crippen molar-refractivity contribution in [3.63, 3.8) is 0 Å². The highest BCUT2D eigenvalue weighted by Gasteiger charge is 2.51. The molecule has 0 bridgehead atoms. The van der Waals surface area contributed by atoms with Gasteiger partial charge in [-0.2, -0.15) is 0 Å². The topological polar surface area (TPSA) is 55.1 Å². The predicted molar refractivity (Wildman–Crippen MR) is 97.7 cm³/mol. The van der Waals surface area contributed by atoms with E-state index in [4.69, 9.17) is 5.73 Å². The van der Waals surface area contributed by atoms with E-state index in [1.165, 1.54) is 0 Å². The lowest BCUT2D eigenvalue weighted by Crippen LogP contribution is -2.52. The van der Waals surface area contributed by atoms with Crippen LogP contribution in [0.3, 0.4) is 0 Å². The van der Waals surface area contributed by atoms with Gasteiger partial charge in [0, 0.05) is 6.04 Å². The highest BCUT2D eigenvalue weighted by Crippen LogP contribution is 2.45. The van der Waals surface area contributed by atoms with Gasteiger partial charge in [0.15, 0.2) is 0 Å². The Kier molecular flexibility index (Phi) is 5.00. The summed E-state index contributed by atoms with van der Waals surface area (Å²) in [5.41, 5.74) is 7.32. The van der Waals surface area contributed by atoms with E-state index in [1.54, 1.807) is 0 Å². The molecule has 126 valence electrons. The summed E-state index contributed by atoms with van der Waals surface area (Å²) < 4.78 is 0. The Labute approximate surface area is 144 Å². The fourth-order valence-electron chi connectivity index (χ4n) is 4.36. The summed E-state index contributed by atoms with van der Waals surface area (Å²) >= 11 is 0. The molecule has 3 nitrogen and oxygen atoms in total. The van der Waals surface area contributed by atoms with Crippen LogP contribution >= 0.6 is 0 Å². The Morgan fingerprint density at radius 2 is 1.62 bits per heavy atom. The molecule has 2 aromatic rings. The Bertz CT molecular complexity index is 629. The van der Waals surface area contributed by atoms with Gasteiger partial charge in [-0.25, -0.2) is 0 Å². The first-order valence-corrected chi connectivity index (χ1v) is 8.85. The number of benzene rings is 2. The average Bonchev–Trinajstić information content (AvgIpc) is 3.06. The highest BCUT2D eigenvalue weighted by molar-refractivity contribution is 5.91. The van der Waals surface area contributed by atoms with Gasteiger partial charge in [-0.05, 0) is 36.4 Å². The van der Waals surface area contributed by atoms with E-state index < -0.39 is 5.41 Å². The first kappa shape index (κ1) is 16.7. The van der Waals surface area contributed by atoms with E-state index >= 15 is 0 Å². The van der Waals surface area contributed by atoms with Crippen LogP contribution in [0.5, 0.6) is 0 Å². The highest BCUT2D eigenvalue weighted by atomic mass is 16.1. The second-order valence-corrected chi connectivity index (χ2v) is 6.65. The number of nitrogens with one attached hydrogen (secondary N) is 1. The molecule has 0 saturated carbocycles. The lowest BCUT2D eigenvalue weighted by Gasteiger charge is -2.40. The molecule has 1 amide bonds. The predicted octanol–water partition coefficient (Wildman–Crippen LogP) is 3.24. The zero-order valence-corrected chi connectivity index (χ0v) is 14.2. The number of rotatable bonds is 6. The first-order valence-electron chi connectivity index (χ1n) is 8.85. The summed E-state index contributed by atoms with van der Waals surface area (Å²) in [6, 6.07) is 20.4. The van der Waals surface area contributed by atoms with E-state index in [0.717, 1.165) is 36.9 Å². The summed E-state index contributed by atoms with van der Waals surface area (Å²) in [7, 11) is 0. The summed E-state index contributed by atoms with van der Waals surface area (Å²) in [6.45, 7) is 3.12. The van der Waals surface area contributed by atoms with Crippen molar-refractivity contribution in [2.45, 2.75) is 37.6 Å². The van der Waals surface area contributed by atoms with Gasteiger partial charge >= 0.3 is 0 Å². The Morgan fingerprint density at radius 3 is 2.08 bits per heavy atom. The van der Waals surface area contributed by atoms with E-state index in [0.29, 0.717) is 6.04 Å². The zero-order chi connectivity index (χ0) is 17.0. The quantitative estimate of drug-likeness (QED) is 0.858. The molecule has 0 spiro atoms. The molecule has 2 aromatic carbocycles. The monoisotopic (exact) mass is 322 g/mol. The van der Waals surface area contributed by atoms with Crippen molar-refractivity contribution in [1.82, 2.24) is 5.32 Å². The van der Waals surface area contributed by atoms with E-state index in [-0.39, 0.29) is 11.8 Å². The molecule has 1 aliphatic rings. The maximum atomic E-state index is 13.0. The van der Waals surface area contributed by atoms with Crippen LogP contribution in [0.25, 0.3) is 0 Å². The Hall–Kier alpha value is -2.13. The standard InChI is InChI=1S/C21H26N2O/c1-2-9-19-18(14-15-23-19)21(20(22)24,16-10-5-3-6-11-16)17-12-7-4-8-13-17/h3-8,10-13,18-19,23H,2,9,14-15H2,1H3,(H2,22,24). The molecule has 24 heavy (non-hydrogen) atoms. The summed E-state index contributed by atoms with van der Waals surface area (Å²) in [6.07, 6.45) is 3.10. The van der Waals surface area contributed by atoms with E-state index in [1.807, 2.05) is 60.7 Å². The van der Waals surface area contributed by atoms with Gasteiger partial charge in [-0.3, -0.25) is 4.79 Å². The molecule has 0 aliphatic carbocycles. The third-order valence-electron chi connectivity index (χ3n) is 5.35. The second kappa shape index (κ2) is 7.18. The van der Waals surface area contributed by atoms with Crippen LogP contribution in [-0.4, -0.2) is 18.5 Å². The van der Waals surface area contributed by atoms with Crippen molar-refractivity contribution < 1.29 is 4.79 Å². The Morgan fingerprint density at radius 1 is 1.08 bits per heavy atom. The lowest BCUT2D eigenvalue weighted by atomic mass is 9.62. The van der Waals surface area contributed by atoms with Gasteiger partial charge in [-0.15, -0.1) is 0 Å². The Balaban J connectivity index is 2.21. The molecule has 3 N–H and O–H groups in total. The van der Waals surface area contributed by atoms with Crippen LogP contribution in [0.2, 0.25) is 0 Å². The second-order valence-electron chi connectivity index (χ2n) is 6.65. The summed E-state index contributed by atoms with van der Waals surface area (Å²) in [5.74, 6) is -0.0885. The van der Waals surface area contributed by atoms with Crippen LogP contribution in [0.15, 0.2) is 60.7 Å². The van der Waals surface area contributed by atoms with Gasteiger partial charge in [0.2, 0.25) is 5.91 Å². The van der Waals surface area contributed by atoms with Crippen molar-refractivity contribution in [3.05, 3.63) is 71.8 Å². The van der Waals surface area contributed by atoms with Crippen molar-refractivity contribution in [2.24, 2.45) is 11.7 Å². The molecule has 0 radical (unpaired) electrons. The van der Waals surface area contributed by atoms with E-state index in [9.17, 15) is 4.79 Å². The maximum Gasteiger partial charge on any atom is 0.232 e. The minimum atomic E-state index is -0.786. The molecule has 2 unspecified atom stereocenters. The van der Waals surface area contributed by atoms with Crippen molar-refractivity contribution in [3.8, 4) is 0 Å². The third-order valence-corrected chi connectivity index (χ3v) is 5.35. The van der Waals surface area contributed by atoms with Crippen LogP contribution in [0.4, 0.5) is 0 Å². The molecular weight excluding hydrogens is 296 g/mol. The average molecular weight is 322 g/mol. The number of amides is 1. The maximum absolute atomic E-state index is 13.0. The molecule has 0 aromatic heterocycles. The van der Waals surface area contributed by atoms with Gasteiger partial charge in [0.05, 0.1) is 0 Å². The lowest BCUT2D eigenvalue weighted by molar-refractivity contribution is -0.124. The third kappa shape index (κ3) is 2.73. The number of hydrogen-bond acceptors (Lipinski definition) is 2. The number of hydrogen-bond donors (Lipinski definition) is 2. The first-order chi connectivity index (χ1) is 11.7. The largest absolute Gasteiger partial charge is 0.369 e. The molecule has 1 heterocycles. The van der Waals surface area contributed by atoms with Gasteiger partial charge < -0.3 is 11.1 Å². The molecule has 1 aliphatic heterocycles. The smallest absolute Gasteiger partial charge is 0.232 e. The van der Waals surface area contributed by atoms with Crippen molar-refractivity contribution in [2.75, 3.05) is 6.54 Å².